The van der Waals surface area contributed by atoms with Gasteiger partial charge in [-0.2, -0.15) is 5.10 Å². The maximum atomic E-state index is 14.0. The molecule has 11 heteroatoms. The number of para-hydroxylation sites is 1. The van der Waals surface area contributed by atoms with Crippen LogP contribution in [0.4, 0.5) is 5.82 Å². The van der Waals surface area contributed by atoms with Crippen molar-refractivity contribution in [3.63, 3.8) is 0 Å². The van der Waals surface area contributed by atoms with Gasteiger partial charge in [-0.1, -0.05) is 42.2 Å². The quantitative estimate of drug-likeness (QED) is 0.269. The topological polar surface area (TPSA) is 136 Å². The first-order valence-electron chi connectivity index (χ1n) is 12.2. The second-order valence-corrected chi connectivity index (χ2v) is 10.9. The van der Waals surface area contributed by atoms with Gasteiger partial charge in [0.2, 0.25) is 10.0 Å². The molecule has 2 aromatic carbocycles. The van der Waals surface area contributed by atoms with Crippen molar-refractivity contribution < 1.29 is 8.42 Å². The molecule has 3 aromatic heterocycles. The van der Waals surface area contributed by atoms with Gasteiger partial charge in [-0.05, 0) is 48.7 Å². The standard InChI is InChI=1S/C28H27N7O3S/c1-19(30-18-24-27(29)33-25-14-8-15-31-35(24)25)23-17-21-10-6-9-20(11-7-16-32-39(2,37)38)26(21)28(36)34(23)22-12-4-3-5-13-22/h3-6,8-10,12-15,17,19,30,32H,16,18,29H2,1-2H3. The number of nitrogens with zero attached hydrogens (tertiary/aromatic N) is 4. The zero-order valence-corrected chi connectivity index (χ0v) is 22.2. The molecule has 5 rings (SSSR count). The third-order valence-corrected chi connectivity index (χ3v) is 6.94. The molecule has 0 amide bonds. The SMILES string of the molecule is CC(NCc1c(N)nc2cccnn12)c1cc2cccc(C#CCNS(C)(=O)=O)c2c(=O)n1-c1ccccc1. The van der Waals surface area contributed by atoms with E-state index >= 15 is 0 Å². The van der Waals surface area contributed by atoms with Crippen LogP contribution in [0.2, 0.25) is 0 Å². The van der Waals surface area contributed by atoms with E-state index < -0.39 is 10.0 Å². The summed E-state index contributed by atoms with van der Waals surface area (Å²) >= 11 is 0. The highest BCUT2D eigenvalue weighted by molar-refractivity contribution is 7.88. The molecule has 0 aliphatic rings. The van der Waals surface area contributed by atoms with Crippen LogP contribution in [0.1, 0.15) is 29.9 Å². The number of rotatable bonds is 7. The molecule has 0 spiro atoms. The Morgan fingerprint density at radius 1 is 1.08 bits per heavy atom. The normalized spacial score (nSPS) is 12.4. The first-order chi connectivity index (χ1) is 18.7. The minimum absolute atomic E-state index is 0.0532. The van der Waals surface area contributed by atoms with Crippen molar-refractivity contribution in [2.45, 2.75) is 19.5 Å². The Morgan fingerprint density at radius 3 is 2.64 bits per heavy atom. The van der Waals surface area contributed by atoms with Crippen molar-refractivity contribution in [3.05, 3.63) is 100 Å². The van der Waals surface area contributed by atoms with Gasteiger partial charge in [0.05, 0.1) is 18.2 Å². The van der Waals surface area contributed by atoms with Crippen LogP contribution in [0, 0.1) is 11.8 Å². The largest absolute Gasteiger partial charge is 0.382 e. The number of sulfonamides is 1. The number of nitrogens with one attached hydrogen (secondary N) is 2. The molecule has 39 heavy (non-hydrogen) atoms. The number of nitrogens with two attached hydrogens (primary N) is 1. The van der Waals surface area contributed by atoms with Gasteiger partial charge in [-0.15, -0.1) is 0 Å². The highest BCUT2D eigenvalue weighted by Crippen LogP contribution is 2.24. The Morgan fingerprint density at radius 2 is 1.87 bits per heavy atom. The average molecular weight is 542 g/mol. The first kappa shape index (κ1) is 26.1. The molecule has 0 aliphatic carbocycles. The summed E-state index contributed by atoms with van der Waals surface area (Å²) in [7, 11) is -3.37. The zero-order chi connectivity index (χ0) is 27.6. The van der Waals surface area contributed by atoms with Crippen LogP contribution in [0.3, 0.4) is 0 Å². The molecule has 0 radical (unpaired) electrons. The van der Waals surface area contributed by atoms with Crippen molar-refractivity contribution in [2.24, 2.45) is 0 Å². The fourth-order valence-electron chi connectivity index (χ4n) is 4.43. The van der Waals surface area contributed by atoms with E-state index in [1.165, 1.54) is 0 Å². The van der Waals surface area contributed by atoms with Gasteiger partial charge < -0.3 is 11.1 Å². The van der Waals surface area contributed by atoms with Crippen molar-refractivity contribution in [2.75, 3.05) is 18.5 Å². The van der Waals surface area contributed by atoms with E-state index in [0.29, 0.717) is 34.6 Å². The number of anilines is 1. The molecule has 0 saturated heterocycles. The van der Waals surface area contributed by atoms with Gasteiger partial charge in [0.15, 0.2) is 5.65 Å². The number of fused-ring (bicyclic) bond motifs is 2. The van der Waals surface area contributed by atoms with E-state index in [4.69, 9.17) is 5.73 Å². The van der Waals surface area contributed by atoms with Gasteiger partial charge >= 0.3 is 0 Å². The molecule has 0 saturated carbocycles. The third kappa shape index (κ3) is 5.53. The van der Waals surface area contributed by atoms with E-state index in [1.54, 1.807) is 27.4 Å². The maximum absolute atomic E-state index is 14.0. The summed E-state index contributed by atoms with van der Waals surface area (Å²) < 4.78 is 28.5. The summed E-state index contributed by atoms with van der Waals surface area (Å²) in [5.74, 6) is 6.15. The fourth-order valence-corrected chi connectivity index (χ4v) is 4.76. The number of aromatic nitrogens is 4. The Kier molecular flexibility index (Phi) is 7.17. The van der Waals surface area contributed by atoms with Crippen molar-refractivity contribution >= 4 is 32.3 Å². The Bertz CT molecular complexity index is 1900. The van der Waals surface area contributed by atoms with Gasteiger partial charge in [-0.25, -0.2) is 22.6 Å². The molecule has 4 N–H and O–H groups in total. The second-order valence-electron chi connectivity index (χ2n) is 9.05. The monoisotopic (exact) mass is 541 g/mol. The van der Waals surface area contributed by atoms with Crippen LogP contribution < -0.4 is 21.3 Å². The lowest BCUT2D eigenvalue weighted by Gasteiger charge is -2.21. The summed E-state index contributed by atoms with van der Waals surface area (Å²) in [5.41, 5.74) is 9.32. The van der Waals surface area contributed by atoms with Gasteiger partial charge in [0.1, 0.15) is 11.5 Å². The minimum Gasteiger partial charge on any atom is -0.382 e. The predicted octanol–water partition coefficient (Wildman–Crippen LogP) is 2.37. The molecular formula is C28H27N7O3S. The summed E-state index contributed by atoms with van der Waals surface area (Å²) in [6, 6.07) is 20.2. The van der Waals surface area contributed by atoms with E-state index in [2.05, 4.69) is 32.0 Å². The van der Waals surface area contributed by atoms with Crippen molar-refractivity contribution in [1.82, 2.24) is 29.2 Å². The molecule has 0 fully saturated rings. The summed E-state index contributed by atoms with van der Waals surface area (Å²) in [4.78, 5) is 18.4. The number of nitrogen functional groups attached to an aromatic ring is 1. The lowest BCUT2D eigenvalue weighted by atomic mass is 10.0. The molecule has 5 aromatic rings. The summed E-state index contributed by atoms with van der Waals surface area (Å²) in [6.45, 7) is 2.31. The van der Waals surface area contributed by atoms with Gasteiger partial charge in [0, 0.05) is 35.7 Å². The highest BCUT2D eigenvalue weighted by atomic mass is 32.2. The number of hydrogen-bond acceptors (Lipinski definition) is 7. The minimum atomic E-state index is -3.37. The smallest absolute Gasteiger partial charge is 0.264 e. The highest BCUT2D eigenvalue weighted by Gasteiger charge is 2.19. The number of pyridine rings is 1. The molecular weight excluding hydrogens is 514 g/mol. The van der Waals surface area contributed by atoms with E-state index in [0.717, 1.165) is 23.0 Å². The number of imidazole rings is 1. The Labute approximate surface area is 225 Å². The van der Waals surface area contributed by atoms with Gasteiger partial charge in [0.25, 0.3) is 5.56 Å². The third-order valence-electron chi connectivity index (χ3n) is 6.27. The van der Waals surface area contributed by atoms with E-state index in [1.807, 2.05) is 61.5 Å². The van der Waals surface area contributed by atoms with Crippen LogP contribution in [0.5, 0.6) is 0 Å². The van der Waals surface area contributed by atoms with Gasteiger partial charge in [-0.3, -0.25) is 9.36 Å². The van der Waals surface area contributed by atoms with Crippen molar-refractivity contribution in [1.29, 1.82) is 0 Å². The van der Waals surface area contributed by atoms with E-state index in [-0.39, 0.29) is 18.1 Å². The number of benzene rings is 2. The van der Waals surface area contributed by atoms with Crippen LogP contribution in [-0.4, -0.2) is 40.4 Å². The van der Waals surface area contributed by atoms with Crippen LogP contribution in [0.25, 0.3) is 22.1 Å². The second kappa shape index (κ2) is 10.7. The molecule has 1 atom stereocenters. The molecule has 0 aliphatic heterocycles. The fraction of sp³-hybridized carbons (Fsp3) is 0.179. The van der Waals surface area contributed by atoms with Crippen LogP contribution in [0.15, 0.2) is 77.7 Å². The lowest BCUT2D eigenvalue weighted by molar-refractivity contribution is 0.539. The van der Waals surface area contributed by atoms with Crippen LogP contribution >= 0.6 is 0 Å². The molecule has 198 valence electrons. The van der Waals surface area contributed by atoms with Crippen molar-refractivity contribution in [3.8, 4) is 17.5 Å². The Balaban J connectivity index is 1.57. The average Bonchev–Trinajstić information content (AvgIpc) is 3.24. The van der Waals surface area contributed by atoms with E-state index in [9.17, 15) is 13.2 Å². The lowest BCUT2D eigenvalue weighted by Crippen LogP contribution is -2.29. The molecule has 0 bridgehead atoms. The zero-order valence-electron chi connectivity index (χ0n) is 21.4. The molecule has 3 heterocycles. The number of hydrogen-bond donors (Lipinski definition) is 3. The Hall–Kier alpha value is -4.50. The summed E-state index contributed by atoms with van der Waals surface area (Å²) in [6.07, 6.45) is 2.75. The summed E-state index contributed by atoms with van der Waals surface area (Å²) in [5, 5.41) is 9.02. The van der Waals surface area contributed by atoms with Crippen LogP contribution in [-0.2, 0) is 16.6 Å². The molecule has 1 unspecified atom stereocenters. The molecule has 10 nitrogen and oxygen atoms in total. The predicted molar refractivity (Wildman–Crippen MR) is 152 cm³/mol. The first-order valence-corrected chi connectivity index (χ1v) is 14.1. The maximum Gasteiger partial charge on any atom is 0.264 e.